The zero-order valence-electron chi connectivity index (χ0n) is 16.8. The molecule has 2 aromatic rings. The van der Waals surface area contributed by atoms with Gasteiger partial charge in [0.25, 0.3) is 0 Å². The average molecular weight is 384 g/mol. The smallest absolute Gasteiger partial charge is 0.227 e. The van der Waals surface area contributed by atoms with Crippen molar-refractivity contribution in [3.63, 3.8) is 0 Å². The van der Waals surface area contributed by atoms with Gasteiger partial charge in [0.15, 0.2) is 0 Å². The summed E-state index contributed by atoms with van der Waals surface area (Å²) >= 11 is 0. The fraction of sp³-hybridized carbons (Fsp3) is 0.600. The quantitative estimate of drug-likeness (QED) is 0.816. The molecule has 1 N–H and O–H groups in total. The van der Waals surface area contributed by atoms with Crippen molar-refractivity contribution in [2.75, 3.05) is 25.0 Å². The molecule has 3 aliphatic heterocycles. The number of hydrogen-bond acceptors (Lipinski definition) is 7. The Bertz CT molecular complexity index is 814. The normalized spacial score (nSPS) is 22.5. The molecule has 3 aliphatic rings. The number of amides is 1. The van der Waals surface area contributed by atoms with Crippen LogP contribution in [-0.4, -0.2) is 56.5 Å². The van der Waals surface area contributed by atoms with Crippen molar-refractivity contribution in [2.24, 2.45) is 5.92 Å². The van der Waals surface area contributed by atoms with E-state index in [1.54, 1.807) is 0 Å². The molecule has 3 fully saturated rings. The van der Waals surface area contributed by atoms with Gasteiger partial charge in [0.1, 0.15) is 5.76 Å². The Morgan fingerprint density at radius 2 is 1.96 bits per heavy atom. The van der Waals surface area contributed by atoms with Crippen LogP contribution in [0, 0.1) is 19.8 Å². The fourth-order valence-corrected chi connectivity index (χ4v) is 4.31. The van der Waals surface area contributed by atoms with Gasteiger partial charge in [-0.1, -0.05) is 5.16 Å². The highest BCUT2D eigenvalue weighted by atomic mass is 16.5. The van der Waals surface area contributed by atoms with E-state index in [9.17, 15) is 4.79 Å². The SMILES string of the molecule is CCNc1ncc(CN2CC3CCC(C2)N(Cc2c(C)noc2C)C3=O)cn1. The molecule has 150 valence electrons. The highest BCUT2D eigenvalue weighted by Crippen LogP contribution is 2.32. The molecule has 8 nitrogen and oxygen atoms in total. The van der Waals surface area contributed by atoms with Crippen LogP contribution in [0.4, 0.5) is 5.95 Å². The monoisotopic (exact) mass is 384 g/mol. The fourth-order valence-electron chi connectivity index (χ4n) is 4.31. The van der Waals surface area contributed by atoms with Crippen LogP contribution in [0.15, 0.2) is 16.9 Å². The molecular weight excluding hydrogens is 356 g/mol. The Balaban J connectivity index is 1.47. The molecule has 0 aliphatic carbocycles. The van der Waals surface area contributed by atoms with Gasteiger partial charge in [-0.05, 0) is 33.6 Å². The topological polar surface area (TPSA) is 87.4 Å². The predicted molar refractivity (Wildman–Crippen MR) is 105 cm³/mol. The van der Waals surface area contributed by atoms with Crippen LogP contribution in [0.25, 0.3) is 0 Å². The van der Waals surface area contributed by atoms with Crippen LogP contribution in [0.3, 0.4) is 0 Å². The van der Waals surface area contributed by atoms with Crippen molar-refractivity contribution in [3.8, 4) is 0 Å². The van der Waals surface area contributed by atoms with Crippen molar-refractivity contribution in [1.29, 1.82) is 0 Å². The molecule has 0 saturated carbocycles. The second kappa shape index (κ2) is 7.87. The van der Waals surface area contributed by atoms with E-state index >= 15 is 0 Å². The number of carbonyl (C=O) groups excluding carboxylic acids is 1. The van der Waals surface area contributed by atoms with Crippen molar-refractivity contribution < 1.29 is 9.32 Å². The number of nitrogens with one attached hydrogen (secondary N) is 1. The Morgan fingerprint density at radius 3 is 2.64 bits per heavy atom. The molecule has 8 heteroatoms. The summed E-state index contributed by atoms with van der Waals surface area (Å²) in [7, 11) is 0. The number of carbonyl (C=O) groups is 1. The lowest BCUT2D eigenvalue weighted by molar-refractivity contribution is -0.140. The van der Waals surface area contributed by atoms with Gasteiger partial charge in [-0.2, -0.15) is 0 Å². The van der Waals surface area contributed by atoms with E-state index in [0.29, 0.717) is 12.5 Å². The van der Waals surface area contributed by atoms with E-state index < -0.39 is 0 Å². The maximum absolute atomic E-state index is 13.1. The van der Waals surface area contributed by atoms with Gasteiger partial charge in [-0.15, -0.1) is 0 Å². The largest absolute Gasteiger partial charge is 0.361 e. The molecule has 28 heavy (non-hydrogen) atoms. The van der Waals surface area contributed by atoms with Gasteiger partial charge in [0, 0.05) is 55.7 Å². The molecule has 1 amide bonds. The summed E-state index contributed by atoms with van der Waals surface area (Å²) in [5.74, 6) is 1.78. The second-order valence-corrected chi connectivity index (χ2v) is 7.84. The van der Waals surface area contributed by atoms with Crippen LogP contribution in [0.2, 0.25) is 0 Å². The highest BCUT2D eigenvalue weighted by Gasteiger charge is 2.41. The summed E-state index contributed by atoms with van der Waals surface area (Å²) in [6.45, 7) is 9.72. The number of fused-ring (bicyclic) bond motifs is 4. The Morgan fingerprint density at radius 1 is 1.18 bits per heavy atom. The van der Waals surface area contributed by atoms with Crippen molar-refractivity contribution in [1.82, 2.24) is 24.9 Å². The first-order valence-corrected chi connectivity index (χ1v) is 10.0. The lowest BCUT2D eigenvalue weighted by atomic mass is 9.93. The molecule has 5 rings (SSSR count). The van der Waals surface area contributed by atoms with Crippen molar-refractivity contribution >= 4 is 11.9 Å². The molecule has 3 saturated heterocycles. The molecule has 0 spiro atoms. The molecule has 2 bridgehead atoms. The number of aryl methyl sites for hydroxylation is 2. The van der Waals surface area contributed by atoms with Crippen LogP contribution in [0.5, 0.6) is 0 Å². The van der Waals surface area contributed by atoms with Crippen LogP contribution in [0.1, 0.15) is 42.3 Å². The van der Waals surface area contributed by atoms with E-state index in [0.717, 1.165) is 61.6 Å². The number of aromatic nitrogens is 3. The maximum Gasteiger partial charge on any atom is 0.227 e. The van der Waals surface area contributed by atoms with E-state index in [2.05, 4.69) is 25.3 Å². The number of nitrogens with zero attached hydrogens (tertiary/aromatic N) is 5. The van der Waals surface area contributed by atoms with E-state index in [4.69, 9.17) is 4.52 Å². The summed E-state index contributed by atoms with van der Waals surface area (Å²) in [5, 5.41) is 7.15. The third-order valence-electron chi connectivity index (χ3n) is 5.83. The lowest BCUT2D eigenvalue weighted by Gasteiger charge is -2.36. The Hall–Kier alpha value is -2.48. The average Bonchev–Trinajstić information content (AvgIpc) is 2.84. The molecule has 0 radical (unpaired) electrons. The minimum Gasteiger partial charge on any atom is -0.361 e. The third kappa shape index (κ3) is 3.73. The van der Waals surface area contributed by atoms with Crippen molar-refractivity contribution in [3.05, 3.63) is 35.0 Å². The van der Waals surface area contributed by atoms with Gasteiger partial charge in [-0.25, -0.2) is 9.97 Å². The maximum atomic E-state index is 13.1. The van der Waals surface area contributed by atoms with E-state index in [1.807, 2.05) is 38.1 Å². The first-order chi connectivity index (χ1) is 13.5. The standard InChI is InChI=1S/C20H28N6O2/c1-4-21-20-22-7-15(8-23-20)9-25-10-16-5-6-17(11-25)26(19(16)27)12-18-13(2)24-28-14(18)3/h7-8,16-17H,4-6,9-12H2,1-3H3,(H,21,22,23). The predicted octanol–water partition coefficient (Wildman–Crippen LogP) is 2.14. The van der Waals surface area contributed by atoms with Crippen molar-refractivity contribution in [2.45, 2.75) is 52.7 Å². The summed E-state index contributed by atoms with van der Waals surface area (Å²) < 4.78 is 5.29. The summed E-state index contributed by atoms with van der Waals surface area (Å²) in [6, 6.07) is 0.224. The van der Waals surface area contributed by atoms with Crippen LogP contribution >= 0.6 is 0 Å². The van der Waals surface area contributed by atoms with Gasteiger partial charge in [0.05, 0.1) is 18.2 Å². The van der Waals surface area contributed by atoms with Gasteiger partial charge < -0.3 is 14.7 Å². The summed E-state index contributed by atoms with van der Waals surface area (Å²) in [6.07, 6.45) is 5.77. The molecule has 0 aromatic carbocycles. The lowest BCUT2D eigenvalue weighted by Crippen LogP contribution is -2.47. The molecule has 2 atom stereocenters. The first-order valence-electron chi connectivity index (χ1n) is 10.0. The van der Waals surface area contributed by atoms with E-state index in [-0.39, 0.29) is 17.9 Å². The molecular formula is C20H28N6O2. The van der Waals surface area contributed by atoms with E-state index in [1.165, 1.54) is 0 Å². The summed E-state index contributed by atoms with van der Waals surface area (Å²) in [5.41, 5.74) is 2.99. The summed E-state index contributed by atoms with van der Waals surface area (Å²) in [4.78, 5) is 26.2. The highest BCUT2D eigenvalue weighted by molar-refractivity contribution is 5.80. The number of hydrogen-bond donors (Lipinski definition) is 1. The first kappa shape index (κ1) is 18.9. The third-order valence-corrected chi connectivity index (χ3v) is 5.83. The minimum atomic E-state index is 0.0566. The Kier molecular flexibility index (Phi) is 5.30. The Labute approximate surface area is 165 Å². The molecule has 5 heterocycles. The van der Waals surface area contributed by atoms with Crippen LogP contribution in [-0.2, 0) is 17.9 Å². The zero-order valence-corrected chi connectivity index (χ0v) is 16.8. The van der Waals surface area contributed by atoms with Gasteiger partial charge >= 0.3 is 0 Å². The van der Waals surface area contributed by atoms with Crippen LogP contribution < -0.4 is 5.32 Å². The van der Waals surface area contributed by atoms with Gasteiger partial charge in [0.2, 0.25) is 11.9 Å². The zero-order chi connectivity index (χ0) is 19.7. The second-order valence-electron chi connectivity index (χ2n) is 7.84. The minimum absolute atomic E-state index is 0.0566. The van der Waals surface area contributed by atoms with Gasteiger partial charge in [-0.3, -0.25) is 9.69 Å². The number of piperidine rings is 1. The number of anilines is 1. The molecule has 2 unspecified atom stereocenters. The number of rotatable bonds is 6. The molecule has 2 aromatic heterocycles.